The minimum Gasteiger partial charge on any atom is -0.356 e. The van der Waals surface area contributed by atoms with E-state index in [1.807, 2.05) is 13.0 Å². The molecular formula is C19H23FN2O2S. The van der Waals surface area contributed by atoms with Crippen molar-refractivity contribution in [3.8, 4) is 0 Å². The molecule has 1 unspecified atom stereocenters. The summed E-state index contributed by atoms with van der Waals surface area (Å²) in [6.07, 6.45) is 2.52. The number of nitrogens with zero attached hydrogens (tertiary/aromatic N) is 1. The molecule has 0 radical (unpaired) electrons. The summed E-state index contributed by atoms with van der Waals surface area (Å²) in [5.41, 5.74) is 0.695. The second-order valence-corrected chi connectivity index (χ2v) is 7.60. The zero-order valence-electron chi connectivity index (χ0n) is 14.6. The number of carbonyl (C=O) groups excluding carboxylic acids is 2. The zero-order valence-corrected chi connectivity index (χ0v) is 15.4. The highest BCUT2D eigenvalue weighted by molar-refractivity contribution is 7.21. The maximum atomic E-state index is 14.1. The Morgan fingerprint density at radius 2 is 2.20 bits per heavy atom. The Labute approximate surface area is 151 Å². The highest BCUT2D eigenvalue weighted by atomic mass is 32.1. The van der Waals surface area contributed by atoms with E-state index in [9.17, 15) is 14.0 Å². The number of amides is 2. The van der Waals surface area contributed by atoms with E-state index in [4.69, 9.17) is 0 Å². The number of carbonyl (C=O) groups is 2. The van der Waals surface area contributed by atoms with E-state index in [0.29, 0.717) is 35.5 Å². The fourth-order valence-corrected chi connectivity index (χ4v) is 4.56. The number of rotatable bonds is 4. The van der Waals surface area contributed by atoms with Crippen molar-refractivity contribution < 1.29 is 14.0 Å². The Hall–Kier alpha value is -1.95. The summed E-state index contributed by atoms with van der Waals surface area (Å²) in [5.74, 6) is -0.513. The summed E-state index contributed by atoms with van der Waals surface area (Å²) in [4.78, 5) is 27.5. The highest BCUT2D eigenvalue weighted by Crippen LogP contribution is 2.34. The van der Waals surface area contributed by atoms with Crippen LogP contribution in [0.1, 0.15) is 41.4 Å². The normalized spacial score (nSPS) is 17.7. The van der Waals surface area contributed by atoms with Crippen molar-refractivity contribution in [2.75, 3.05) is 19.6 Å². The smallest absolute Gasteiger partial charge is 0.264 e. The molecule has 1 aliphatic rings. The van der Waals surface area contributed by atoms with E-state index in [1.54, 1.807) is 17.9 Å². The summed E-state index contributed by atoms with van der Waals surface area (Å²) >= 11 is 1.33. The van der Waals surface area contributed by atoms with Crippen LogP contribution in [0.25, 0.3) is 10.1 Å². The molecule has 0 bridgehead atoms. The third-order valence-electron chi connectivity index (χ3n) is 4.73. The zero-order chi connectivity index (χ0) is 18.0. The molecule has 134 valence electrons. The maximum Gasteiger partial charge on any atom is 0.264 e. The van der Waals surface area contributed by atoms with Gasteiger partial charge in [0.15, 0.2) is 0 Å². The second-order valence-electron chi connectivity index (χ2n) is 6.55. The van der Waals surface area contributed by atoms with Crippen molar-refractivity contribution in [2.45, 2.75) is 33.1 Å². The molecule has 1 N–H and O–H groups in total. The molecule has 1 fully saturated rings. The first-order valence-corrected chi connectivity index (χ1v) is 9.59. The van der Waals surface area contributed by atoms with Gasteiger partial charge in [-0.3, -0.25) is 9.59 Å². The van der Waals surface area contributed by atoms with Crippen molar-refractivity contribution in [3.05, 3.63) is 34.5 Å². The Balaban J connectivity index is 1.80. The van der Waals surface area contributed by atoms with Crippen LogP contribution >= 0.6 is 11.3 Å². The van der Waals surface area contributed by atoms with Gasteiger partial charge in [-0.15, -0.1) is 11.3 Å². The Morgan fingerprint density at radius 3 is 2.92 bits per heavy atom. The van der Waals surface area contributed by atoms with Gasteiger partial charge < -0.3 is 10.2 Å². The third-order valence-corrected chi connectivity index (χ3v) is 5.97. The molecule has 2 aromatic rings. The maximum absolute atomic E-state index is 14.1. The predicted octanol–water partition coefficient (Wildman–Crippen LogP) is 3.73. The monoisotopic (exact) mass is 362 g/mol. The van der Waals surface area contributed by atoms with Gasteiger partial charge in [-0.2, -0.15) is 0 Å². The van der Waals surface area contributed by atoms with Gasteiger partial charge in [0.25, 0.3) is 5.91 Å². The minimum absolute atomic E-state index is 0.0263. The van der Waals surface area contributed by atoms with Gasteiger partial charge in [0.2, 0.25) is 5.91 Å². The highest BCUT2D eigenvalue weighted by Gasteiger charge is 2.30. The summed E-state index contributed by atoms with van der Waals surface area (Å²) in [5, 5.41) is 3.45. The molecule has 0 saturated carbocycles. The van der Waals surface area contributed by atoms with Crippen LogP contribution in [0.15, 0.2) is 18.2 Å². The molecule has 3 rings (SSSR count). The summed E-state index contributed by atoms with van der Waals surface area (Å²) in [6.45, 7) is 5.56. The van der Waals surface area contributed by atoms with E-state index in [-0.39, 0.29) is 23.5 Å². The van der Waals surface area contributed by atoms with Crippen molar-refractivity contribution in [3.63, 3.8) is 0 Å². The number of thiophene rings is 1. The minimum atomic E-state index is -0.291. The second kappa shape index (κ2) is 7.52. The number of hydrogen-bond acceptors (Lipinski definition) is 3. The molecule has 1 saturated heterocycles. The quantitative estimate of drug-likeness (QED) is 0.901. The number of fused-ring (bicyclic) bond motifs is 1. The number of hydrogen-bond donors (Lipinski definition) is 1. The van der Waals surface area contributed by atoms with Gasteiger partial charge in [0.1, 0.15) is 5.82 Å². The van der Waals surface area contributed by atoms with Crippen molar-refractivity contribution in [1.29, 1.82) is 0 Å². The van der Waals surface area contributed by atoms with Crippen LogP contribution in [-0.2, 0) is 4.79 Å². The van der Waals surface area contributed by atoms with Crippen LogP contribution in [-0.4, -0.2) is 36.3 Å². The van der Waals surface area contributed by atoms with E-state index in [1.165, 1.54) is 17.4 Å². The Morgan fingerprint density at radius 1 is 1.40 bits per heavy atom. The molecule has 2 heterocycles. The molecule has 4 nitrogen and oxygen atoms in total. The van der Waals surface area contributed by atoms with Crippen LogP contribution in [0.2, 0.25) is 0 Å². The van der Waals surface area contributed by atoms with Crippen molar-refractivity contribution >= 4 is 33.2 Å². The van der Waals surface area contributed by atoms with Gasteiger partial charge >= 0.3 is 0 Å². The molecule has 0 spiro atoms. The molecule has 6 heteroatoms. The largest absolute Gasteiger partial charge is 0.356 e. The molecular weight excluding hydrogens is 339 g/mol. The lowest BCUT2D eigenvalue weighted by Crippen LogP contribution is -2.45. The van der Waals surface area contributed by atoms with E-state index in [0.717, 1.165) is 24.0 Å². The first kappa shape index (κ1) is 17.9. The molecule has 1 aromatic carbocycles. The fraction of sp³-hybridized carbons (Fsp3) is 0.474. The van der Waals surface area contributed by atoms with Crippen LogP contribution < -0.4 is 5.32 Å². The number of likely N-dealkylation sites (tertiary alicyclic amines) is 1. The average molecular weight is 362 g/mol. The lowest BCUT2D eigenvalue weighted by atomic mass is 9.96. The lowest BCUT2D eigenvalue weighted by molar-refractivity contribution is -0.126. The van der Waals surface area contributed by atoms with E-state index >= 15 is 0 Å². The topological polar surface area (TPSA) is 49.4 Å². The molecule has 25 heavy (non-hydrogen) atoms. The van der Waals surface area contributed by atoms with Gasteiger partial charge in [-0.1, -0.05) is 13.0 Å². The Kier molecular flexibility index (Phi) is 5.37. The number of benzene rings is 1. The van der Waals surface area contributed by atoms with Gasteiger partial charge in [-0.25, -0.2) is 4.39 Å². The molecule has 0 aliphatic carbocycles. The van der Waals surface area contributed by atoms with Crippen molar-refractivity contribution in [1.82, 2.24) is 10.2 Å². The number of halogens is 1. The van der Waals surface area contributed by atoms with Crippen LogP contribution in [0.5, 0.6) is 0 Å². The summed E-state index contributed by atoms with van der Waals surface area (Å²) in [7, 11) is 0. The molecule has 2 amide bonds. The molecule has 1 atom stereocenters. The van der Waals surface area contributed by atoms with Gasteiger partial charge in [0, 0.05) is 29.7 Å². The first-order chi connectivity index (χ1) is 12.0. The first-order valence-electron chi connectivity index (χ1n) is 8.77. The predicted molar refractivity (Wildman–Crippen MR) is 98.4 cm³/mol. The van der Waals surface area contributed by atoms with Crippen LogP contribution in [0.4, 0.5) is 4.39 Å². The third kappa shape index (κ3) is 3.54. The molecule has 1 aromatic heterocycles. The number of piperidine rings is 1. The van der Waals surface area contributed by atoms with Gasteiger partial charge in [-0.05, 0) is 43.9 Å². The molecule has 1 aliphatic heterocycles. The Bertz CT molecular complexity index is 802. The average Bonchev–Trinajstić information content (AvgIpc) is 2.97. The van der Waals surface area contributed by atoms with Crippen LogP contribution in [0, 0.1) is 18.7 Å². The van der Waals surface area contributed by atoms with Crippen LogP contribution in [0.3, 0.4) is 0 Å². The van der Waals surface area contributed by atoms with E-state index in [2.05, 4.69) is 5.32 Å². The van der Waals surface area contributed by atoms with Crippen molar-refractivity contribution in [2.24, 2.45) is 5.92 Å². The number of nitrogens with one attached hydrogen (secondary N) is 1. The fourth-order valence-electron chi connectivity index (χ4n) is 3.37. The summed E-state index contributed by atoms with van der Waals surface area (Å²) < 4.78 is 14.9. The SMILES string of the molecule is CCCNC(=O)C1CCCN(C(=O)c2sc3cccc(F)c3c2C)C1. The number of aryl methyl sites for hydroxylation is 1. The van der Waals surface area contributed by atoms with Gasteiger partial charge in [0.05, 0.1) is 10.8 Å². The standard InChI is InChI=1S/C19H23FN2O2S/c1-3-9-21-18(23)13-6-5-10-22(11-13)19(24)17-12(2)16-14(20)7-4-8-15(16)25-17/h4,7-8,13H,3,5-6,9-11H2,1-2H3,(H,21,23). The van der Waals surface area contributed by atoms with E-state index < -0.39 is 0 Å². The lowest BCUT2D eigenvalue weighted by Gasteiger charge is -2.32. The summed E-state index contributed by atoms with van der Waals surface area (Å²) in [6, 6.07) is 4.92.